The number of ether oxygens (including phenoxy) is 2. The zero-order valence-corrected chi connectivity index (χ0v) is 9.36. The third-order valence-corrected chi connectivity index (χ3v) is 2.47. The van der Waals surface area contributed by atoms with Crippen LogP contribution in [0.4, 0.5) is 0 Å². The topological polar surface area (TPSA) is 66.0 Å². The minimum absolute atomic E-state index is 0.0739. The summed E-state index contributed by atoms with van der Waals surface area (Å²) in [7, 11) is 0. The maximum absolute atomic E-state index is 8.72. The van der Waals surface area contributed by atoms with Gasteiger partial charge in [0.15, 0.2) is 11.5 Å². The average Bonchev–Trinajstić information content (AvgIpc) is 2.36. The smallest absolute Gasteiger partial charge is 0.161 e. The van der Waals surface area contributed by atoms with Crippen LogP contribution in [0.25, 0.3) is 6.08 Å². The molecule has 0 N–H and O–H groups in total. The van der Waals surface area contributed by atoms with E-state index in [4.69, 9.17) is 20.0 Å². The highest BCUT2D eigenvalue weighted by Gasteiger charge is 2.13. The molecule has 1 aromatic carbocycles. The number of nitrogens with zero attached hydrogens (tertiary/aromatic N) is 2. The van der Waals surface area contributed by atoms with Crippen molar-refractivity contribution < 1.29 is 9.47 Å². The number of allylic oxidation sites excluding steroid dienone is 1. The quantitative estimate of drug-likeness (QED) is 0.688. The Bertz CT molecular complexity index is 546. The van der Waals surface area contributed by atoms with Crippen LogP contribution in [0.3, 0.4) is 0 Å². The molecule has 0 bridgehead atoms. The maximum Gasteiger partial charge on any atom is 0.161 e. The molecular formula is C13H10N2O2. The summed E-state index contributed by atoms with van der Waals surface area (Å²) in [5.74, 6) is 1.37. The monoisotopic (exact) mass is 226 g/mol. The first-order valence-corrected chi connectivity index (χ1v) is 5.16. The van der Waals surface area contributed by atoms with Gasteiger partial charge >= 0.3 is 0 Å². The second kappa shape index (κ2) is 4.59. The molecule has 0 aromatic heterocycles. The fraction of sp³-hybridized carbons (Fsp3) is 0.231. The number of hydrogen-bond acceptors (Lipinski definition) is 4. The Labute approximate surface area is 99.3 Å². The van der Waals surface area contributed by atoms with Crippen LogP contribution < -0.4 is 9.47 Å². The van der Waals surface area contributed by atoms with Gasteiger partial charge in [-0.1, -0.05) is 0 Å². The molecule has 0 amide bonds. The lowest BCUT2D eigenvalue weighted by molar-refractivity contribution is 0.171. The molecular weight excluding hydrogens is 216 g/mol. The van der Waals surface area contributed by atoms with Gasteiger partial charge in [0, 0.05) is 0 Å². The summed E-state index contributed by atoms with van der Waals surface area (Å²) in [4.78, 5) is 0. The lowest BCUT2D eigenvalue weighted by atomic mass is 10.0. The van der Waals surface area contributed by atoms with Crippen molar-refractivity contribution >= 4 is 6.08 Å². The van der Waals surface area contributed by atoms with Crippen LogP contribution in [0.5, 0.6) is 11.5 Å². The van der Waals surface area contributed by atoms with Crippen molar-refractivity contribution in [3.8, 4) is 23.6 Å². The largest absolute Gasteiger partial charge is 0.486 e. The van der Waals surface area contributed by atoms with Gasteiger partial charge in [0.25, 0.3) is 0 Å². The Kier molecular flexibility index (Phi) is 2.98. The van der Waals surface area contributed by atoms with Crippen molar-refractivity contribution in [3.63, 3.8) is 0 Å². The molecule has 4 heteroatoms. The van der Waals surface area contributed by atoms with E-state index >= 15 is 0 Å². The Morgan fingerprint density at radius 2 is 1.76 bits per heavy atom. The second-order valence-corrected chi connectivity index (χ2v) is 3.63. The first-order valence-electron chi connectivity index (χ1n) is 5.16. The maximum atomic E-state index is 8.72. The summed E-state index contributed by atoms with van der Waals surface area (Å²) in [6, 6.07) is 7.31. The minimum atomic E-state index is 0.0739. The Morgan fingerprint density at radius 1 is 1.18 bits per heavy atom. The van der Waals surface area contributed by atoms with Crippen LogP contribution in [-0.2, 0) is 0 Å². The number of nitriles is 2. The van der Waals surface area contributed by atoms with Gasteiger partial charge in [0.05, 0.1) is 0 Å². The first-order chi connectivity index (χ1) is 8.24. The third-order valence-electron chi connectivity index (χ3n) is 2.47. The SMILES string of the molecule is Cc1cc2c(cc1C=C(C#N)C#N)OCCO2. The molecule has 1 heterocycles. The minimum Gasteiger partial charge on any atom is -0.486 e. The van der Waals surface area contributed by atoms with Crippen molar-refractivity contribution in [2.24, 2.45) is 0 Å². The number of fused-ring (bicyclic) bond motifs is 1. The Hall–Kier alpha value is -2.46. The van der Waals surface area contributed by atoms with E-state index in [2.05, 4.69) is 0 Å². The molecule has 0 atom stereocenters. The van der Waals surface area contributed by atoms with Crippen molar-refractivity contribution in [3.05, 3.63) is 28.8 Å². The molecule has 4 nitrogen and oxygen atoms in total. The van der Waals surface area contributed by atoms with E-state index in [0.29, 0.717) is 24.7 Å². The number of hydrogen-bond donors (Lipinski definition) is 0. The van der Waals surface area contributed by atoms with Crippen LogP contribution in [-0.4, -0.2) is 13.2 Å². The normalized spacial score (nSPS) is 12.2. The average molecular weight is 226 g/mol. The predicted octanol–water partition coefficient (Wildman–Crippen LogP) is 2.20. The van der Waals surface area contributed by atoms with Crippen molar-refractivity contribution in [1.29, 1.82) is 10.5 Å². The fourth-order valence-corrected chi connectivity index (χ4v) is 1.61. The van der Waals surface area contributed by atoms with Gasteiger partial charge in [0.1, 0.15) is 30.9 Å². The zero-order valence-electron chi connectivity index (χ0n) is 9.36. The zero-order chi connectivity index (χ0) is 12.3. The summed E-state index contributed by atoms with van der Waals surface area (Å²) < 4.78 is 10.9. The molecule has 0 unspecified atom stereocenters. The van der Waals surface area contributed by atoms with E-state index in [0.717, 1.165) is 11.1 Å². The van der Waals surface area contributed by atoms with E-state index in [1.54, 1.807) is 12.1 Å². The van der Waals surface area contributed by atoms with Crippen molar-refractivity contribution in [1.82, 2.24) is 0 Å². The molecule has 0 saturated carbocycles. The highest BCUT2D eigenvalue weighted by atomic mass is 16.6. The van der Waals surface area contributed by atoms with Gasteiger partial charge < -0.3 is 9.47 Å². The van der Waals surface area contributed by atoms with Crippen LogP contribution in [0.2, 0.25) is 0 Å². The number of benzene rings is 1. The standard InChI is InChI=1S/C13H10N2O2/c1-9-4-12-13(17-3-2-16-12)6-11(9)5-10(7-14)8-15/h4-6H,2-3H2,1H3. The molecule has 0 fully saturated rings. The summed E-state index contributed by atoms with van der Waals surface area (Å²) >= 11 is 0. The van der Waals surface area contributed by atoms with E-state index in [9.17, 15) is 0 Å². The molecule has 17 heavy (non-hydrogen) atoms. The lowest BCUT2D eigenvalue weighted by Crippen LogP contribution is -2.15. The Morgan fingerprint density at radius 3 is 2.35 bits per heavy atom. The predicted molar refractivity (Wildman–Crippen MR) is 61.4 cm³/mol. The highest BCUT2D eigenvalue weighted by molar-refractivity contribution is 5.67. The van der Waals surface area contributed by atoms with E-state index in [1.807, 2.05) is 25.1 Å². The van der Waals surface area contributed by atoms with Gasteiger partial charge in [-0.15, -0.1) is 0 Å². The summed E-state index contributed by atoms with van der Waals surface area (Å²) in [5.41, 5.74) is 1.81. The van der Waals surface area contributed by atoms with Gasteiger partial charge in [-0.25, -0.2) is 0 Å². The molecule has 0 spiro atoms. The third kappa shape index (κ3) is 2.21. The van der Waals surface area contributed by atoms with Gasteiger partial charge in [-0.2, -0.15) is 10.5 Å². The van der Waals surface area contributed by atoms with Crippen LogP contribution in [0.1, 0.15) is 11.1 Å². The molecule has 0 saturated heterocycles. The summed E-state index contributed by atoms with van der Waals surface area (Å²) in [6.07, 6.45) is 1.55. The van der Waals surface area contributed by atoms with Crippen LogP contribution >= 0.6 is 0 Å². The van der Waals surface area contributed by atoms with E-state index in [1.165, 1.54) is 0 Å². The molecule has 84 valence electrons. The molecule has 2 rings (SSSR count). The van der Waals surface area contributed by atoms with Crippen LogP contribution in [0, 0.1) is 29.6 Å². The molecule has 0 aliphatic carbocycles. The lowest BCUT2D eigenvalue weighted by Gasteiger charge is -2.19. The molecule has 1 aliphatic heterocycles. The number of rotatable bonds is 1. The first kappa shape index (κ1) is 11.0. The number of aryl methyl sites for hydroxylation is 1. The van der Waals surface area contributed by atoms with Gasteiger partial charge in [0.2, 0.25) is 0 Å². The van der Waals surface area contributed by atoms with Gasteiger partial charge in [-0.05, 0) is 36.3 Å². The van der Waals surface area contributed by atoms with Crippen molar-refractivity contribution in [2.45, 2.75) is 6.92 Å². The highest BCUT2D eigenvalue weighted by Crippen LogP contribution is 2.33. The molecule has 0 radical (unpaired) electrons. The molecule has 1 aromatic rings. The van der Waals surface area contributed by atoms with E-state index < -0.39 is 0 Å². The Balaban J connectivity index is 2.47. The van der Waals surface area contributed by atoms with Gasteiger partial charge in [-0.3, -0.25) is 0 Å². The van der Waals surface area contributed by atoms with Crippen molar-refractivity contribution in [2.75, 3.05) is 13.2 Å². The summed E-state index contributed by atoms with van der Waals surface area (Å²) in [6.45, 7) is 2.96. The van der Waals surface area contributed by atoms with E-state index in [-0.39, 0.29) is 5.57 Å². The fourth-order valence-electron chi connectivity index (χ4n) is 1.61. The second-order valence-electron chi connectivity index (χ2n) is 3.63. The molecule has 1 aliphatic rings. The van der Waals surface area contributed by atoms with Crippen LogP contribution in [0.15, 0.2) is 17.7 Å². The summed E-state index contributed by atoms with van der Waals surface area (Å²) in [5, 5.41) is 17.4.